The summed E-state index contributed by atoms with van der Waals surface area (Å²) in [5.41, 5.74) is 0. The summed E-state index contributed by atoms with van der Waals surface area (Å²) in [6, 6.07) is 0. The van der Waals surface area contributed by atoms with Gasteiger partial charge in [0.25, 0.3) is 0 Å². The molecule has 1 N–H and O–H groups in total. The van der Waals surface area contributed by atoms with Crippen LogP contribution in [0.3, 0.4) is 0 Å². The van der Waals surface area contributed by atoms with Crippen molar-refractivity contribution in [3.05, 3.63) is 0 Å². The molecule has 0 aromatic heterocycles. The summed E-state index contributed by atoms with van der Waals surface area (Å²) in [5.74, 6) is -1.23. The number of nitrogens with zero attached hydrogens (tertiary/aromatic N) is 2. The highest BCUT2D eigenvalue weighted by molar-refractivity contribution is 5.78. The van der Waals surface area contributed by atoms with Crippen molar-refractivity contribution in [3.8, 4) is 0 Å². The molecule has 0 spiro atoms. The molecule has 0 saturated heterocycles. The first-order valence-electron chi connectivity index (χ1n) is 5.61. The fourth-order valence-corrected chi connectivity index (χ4v) is 1.52. The lowest BCUT2D eigenvalue weighted by Gasteiger charge is -2.23. The van der Waals surface area contributed by atoms with Crippen LogP contribution in [0, 0.1) is 5.92 Å². The number of carboxylic acid groups (broad SMARTS) is 1. The van der Waals surface area contributed by atoms with Crippen LogP contribution in [0.1, 0.15) is 20.8 Å². The Morgan fingerprint density at radius 1 is 1.25 bits per heavy atom. The van der Waals surface area contributed by atoms with Gasteiger partial charge in [0.1, 0.15) is 0 Å². The molecule has 1 amide bonds. The van der Waals surface area contributed by atoms with E-state index in [0.29, 0.717) is 19.6 Å². The van der Waals surface area contributed by atoms with Crippen molar-refractivity contribution in [1.82, 2.24) is 9.80 Å². The summed E-state index contributed by atoms with van der Waals surface area (Å²) in [4.78, 5) is 25.8. The van der Waals surface area contributed by atoms with Crippen LogP contribution in [0.25, 0.3) is 0 Å². The number of aliphatic carboxylic acids is 1. The molecule has 0 aliphatic heterocycles. The second-order valence-corrected chi connectivity index (χ2v) is 4.00. The zero-order chi connectivity index (χ0) is 12.7. The largest absolute Gasteiger partial charge is 0.481 e. The van der Waals surface area contributed by atoms with E-state index in [0.717, 1.165) is 0 Å². The van der Waals surface area contributed by atoms with Crippen molar-refractivity contribution >= 4 is 11.9 Å². The maximum absolute atomic E-state index is 11.7. The first-order valence-corrected chi connectivity index (χ1v) is 5.61. The maximum atomic E-state index is 11.7. The minimum absolute atomic E-state index is 0.0464. The van der Waals surface area contributed by atoms with Crippen molar-refractivity contribution < 1.29 is 14.7 Å². The molecule has 1 unspecified atom stereocenters. The molecule has 0 radical (unpaired) electrons. The highest BCUT2D eigenvalue weighted by atomic mass is 16.4. The highest BCUT2D eigenvalue weighted by Gasteiger charge is 2.17. The lowest BCUT2D eigenvalue weighted by molar-refractivity contribution is -0.142. The van der Waals surface area contributed by atoms with Gasteiger partial charge in [-0.25, -0.2) is 0 Å². The quantitative estimate of drug-likeness (QED) is 0.692. The third kappa shape index (κ3) is 5.11. The first kappa shape index (κ1) is 14.9. The lowest BCUT2D eigenvalue weighted by atomic mass is 10.2. The van der Waals surface area contributed by atoms with Gasteiger partial charge < -0.3 is 10.0 Å². The molecule has 0 heterocycles. The van der Waals surface area contributed by atoms with Crippen molar-refractivity contribution in [3.63, 3.8) is 0 Å². The van der Waals surface area contributed by atoms with Crippen molar-refractivity contribution in [2.24, 2.45) is 5.92 Å². The predicted octanol–water partition coefficient (Wildman–Crippen LogP) is 0.507. The molecule has 0 bridgehead atoms. The Balaban J connectivity index is 4.08. The van der Waals surface area contributed by atoms with Gasteiger partial charge in [0, 0.05) is 19.6 Å². The van der Waals surface area contributed by atoms with Crippen LogP contribution in [0.4, 0.5) is 0 Å². The monoisotopic (exact) mass is 230 g/mol. The van der Waals surface area contributed by atoms with E-state index in [2.05, 4.69) is 0 Å². The van der Waals surface area contributed by atoms with E-state index in [9.17, 15) is 9.59 Å². The Bertz CT molecular complexity index is 239. The number of rotatable bonds is 7. The fraction of sp³-hybridized carbons (Fsp3) is 0.818. The van der Waals surface area contributed by atoms with E-state index in [1.807, 2.05) is 13.8 Å². The van der Waals surface area contributed by atoms with Gasteiger partial charge in [0.2, 0.25) is 5.91 Å². The summed E-state index contributed by atoms with van der Waals surface area (Å²) >= 11 is 0. The molecule has 0 aliphatic rings. The van der Waals surface area contributed by atoms with E-state index in [1.54, 1.807) is 23.8 Å². The molecule has 1 atom stereocenters. The summed E-state index contributed by atoms with van der Waals surface area (Å²) in [7, 11) is 1.76. The van der Waals surface area contributed by atoms with E-state index in [1.165, 1.54) is 0 Å². The first-order chi connectivity index (χ1) is 7.42. The van der Waals surface area contributed by atoms with Gasteiger partial charge in [-0.05, 0) is 20.9 Å². The van der Waals surface area contributed by atoms with Gasteiger partial charge >= 0.3 is 5.97 Å². The third-order valence-electron chi connectivity index (χ3n) is 2.53. The summed E-state index contributed by atoms with van der Waals surface area (Å²) in [5, 5.41) is 8.74. The topological polar surface area (TPSA) is 60.9 Å². The fourth-order valence-electron chi connectivity index (χ4n) is 1.52. The lowest BCUT2D eigenvalue weighted by Crippen LogP contribution is -2.40. The molecular formula is C11H22N2O3. The highest BCUT2D eigenvalue weighted by Crippen LogP contribution is 1.99. The van der Waals surface area contributed by atoms with Crippen LogP contribution in [-0.2, 0) is 9.59 Å². The van der Waals surface area contributed by atoms with Gasteiger partial charge in [0.15, 0.2) is 0 Å². The van der Waals surface area contributed by atoms with Crippen LogP contribution in [0.15, 0.2) is 0 Å². The number of carbonyl (C=O) groups excluding carboxylic acids is 1. The van der Waals surface area contributed by atoms with Crippen LogP contribution >= 0.6 is 0 Å². The zero-order valence-corrected chi connectivity index (χ0v) is 10.6. The Morgan fingerprint density at radius 3 is 2.12 bits per heavy atom. The average molecular weight is 230 g/mol. The normalized spacial score (nSPS) is 12.6. The van der Waals surface area contributed by atoms with Gasteiger partial charge in [-0.1, -0.05) is 6.92 Å². The van der Waals surface area contributed by atoms with Gasteiger partial charge in [0.05, 0.1) is 12.5 Å². The molecule has 94 valence electrons. The molecule has 0 rings (SSSR count). The van der Waals surface area contributed by atoms with Crippen molar-refractivity contribution in [2.75, 3.05) is 33.2 Å². The van der Waals surface area contributed by atoms with Gasteiger partial charge in [-0.15, -0.1) is 0 Å². The third-order valence-corrected chi connectivity index (χ3v) is 2.53. The Kier molecular flexibility index (Phi) is 6.72. The minimum Gasteiger partial charge on any atom is -0.481 e. The van der Waals surface area contributed by atoms with Crippen LogP contribution < -0.4 is 0 Å². The molecule has 0 fully saturated rings. The number of carbonyl (C=O) groups is 2. The molecule has 0 aromatic carbocycles. The number of likely N-dealkylation sites (N-methyl/N-ethyl adjacent to an activating group) is 2. The number of hydrogen-bond acceptors (Lipinski definition) is 3. The Labute approximate surface area is 97.0 Å². The molecule has 16 heavy (non-hydrogen) atoms. The molecule has 5 nitrogen and oxygen atoms in total. The minimum atomic E-state index is -0.831. The van der Waals surface area contributed by atoms with Crippen LogP contribution in [0.2, 0.25) is 0 Å². The van der Waals surface area contributed by atoms with E-state index >= 15 is 0 Å². The Morgan fingerprint density at radius 2 is 1.75 bits per heavy atom. The van der Waals surface area contributed by atoms with Crippen LogP contribution in [-0.4, -0.2) is 60.0 Å². The second-order valence-electron chi connectivity index (χ2n) is 4.00. The second kappa shape index (κ2) is 7.22. The van der Waals surface area contributed by atoms with E-state index in [4.69, 9.17) is 5.11 Å². The predicted molar refractivity (Wildman–Crippen MR) is 62.2 cm³/mol. The molecular weight excluding hydrogens is 208 g/mol. The molecule has 0 aliphatic carbocycles. The summed E-state index contributed by atoms with van der Waals surface area (Å²) in [6.45, 7) is 7.56. The zero-order valence-electron chi connectivity index (χ0n) is 10.6. The maximum Gasteiger partial charge on any atom is 0.307 e. The summed E-state index contributed by atoms with van der Waals surface area (Å²) < 4.78 is 0. The number of carboxylic acids is 1. The van der Waals surface area contributed by atoms with E-state index in [-0.39, 0.29) is 12.5 Å². The molecule has 5 heteroatoms. The molecule has 0 aromatic rings. The number of hydrogen-bond donors (Lipinski definition) is 1. The molecule has 0 saturated carbocycles. The summed E-state index contributed by atoms with van der Waals surface area (Å²) in [6.07, 6.45) is 0. The van der Waals surface area contributed by atoms with Gasteiger partial charge in [-0.2, -0.15) is 0 Å². The SMILES string of the molecule is CCN(CC)C(=O)CN(C)CC(C)C(=O)O. The standard InChI is InChI=1S/C11H22N2O3/c1-5-13(6-2)10(14)8-12(4)7-9(3)11(15)16/h9H,5-8H2,1-4H3,(H,15,16). The van der Waals surface area contributed by atoms with Crippen molar-refractivity contribution in [1.29, 1.82) is 0 Å². The average Bonchev–Trinajstić information content (AvgIpc) is 2.18. The number of amides is 1. The van der Waals surface area contributed by atoms with Crippen LogP contribution in [0.5, 0.6) is 0 Å². The van der Waals surface area contributed by atoms with Crippen molar-refractivity contribution in [2.45, 2.75) is 20.8 Å². The Hall–Kier alpha value is -1.10. The van der Waals surface area contributed by atoms with E-state index < -0.39 is 11.9 Å². The van der Waals surface area contributed by atoms with Gasteiger partial charge in [-0.3, -0.25) is 14.5 Å². The smallest absolute Gasteiger partial charge is 0.307 e.